The van der Waals surface area contributed by atoms with Gasteiger partial charge >= 0.3 is 0 Å². The Kier molecular flexibility index (Phi) is 5.00. The van der Waals surface area contributed by atoms with Gasteiger partial charge in [-0.25, -0.2) is 0 Å². The Bertz CT molecular complexity index is 917. The lowest BCUT2D eigenvalue weighted by molar-refractivity contribution is 0.0997. The summed E-state index contributed by atoms with van der Waals surface area (Å²) in [7, 11) is 0. The zero-order valence-corrected chi connectivity index (χ0v) is 14.1. The third-order valence-electron chi connectivity index (χ3n) is 3.54. The van der Waals surface area contributed by atoms with Crippen LogP contribution in [0.2, 0.25) is 0 Å². The number of anilines is 1. The van der Waals surface area contributed by atoms with E-state index in [-0.39, 0.29) is 11.2 Å². The summed E-state index contributed by atoms with van der Waals surface area (Å²) in [6, 6.07) is 8.02. The average molecular weight is 343 g/mol. The molecule has 0 bridgehead atoms. The van der Waals surface area contributed by atoms with Crippen LogP contribution in [0.4, 0.5) is 5.13 Å². The lowest BCUT2D eigenvalue weighted by atomic mass is 10.2. The number of hydrogen-bond donors (Lipinski definition) is 1. The third kappa shape index (κ3) is 3.68. The summed E-state index contributed by atoms with van der Waals surface area (Å²) in [6.07, 6.45) is 4.19. The van der Waals surface area contributed by atoms with Crippen LogP contribution in [0.25, 0.3) is 11.0 Å². The number of benzene rings is 1. The van der Waals surface area contributed by atoms with E-state index >= 15 is 0 Å². The Morgan fingerprint density at radius 2 is 2.08 bits per heavy atom. The summed E-state index contributed by atoms with van der Waals surface area (Å²) in [5.41, 5.74) is 0.132. The highest BCUT2D eigenvalue weighted by molar-refractivity contribution is 7.15. The zero-order chi connectivity index (χ0) is 16.9. The number of carbonyl (C=O) groups is 1. The first-order chi connectivity index (χ1) is 11.7. The van der Waals surface area contributed by atoms with Gasteiger partial charge in [0.15, 0.2) is 11.2 Å². The van der Waals surface area contributed by atoms with E-state index in [2.05, 4.69) is 22.4 Å². The Morgan fingerprint density at radius 1 is 1.25 bits per heavy atom. The van der Waals surface area contributed by atoms with E-state index in [1.165, 1.54) is 17.4 Å². The van der Waals surface area contributed by atoms with Crippen molar-refractivity contribution >= 4 is 33.3 Å². The van der Waals surface area contributed by atoms with Crippen LogP contribution < -0.4 is 10.7 Å². The molecule has 1 N–H and O–H groups in total. The highest BCUT2D eigenvalue weighted by Gasteiger charge is 2.14. The molecule has 0 saturated heterocycles. The zero-order valence-electron chi connectivity index (χ0n) is 13.2. The third-order valence-corrected chi connectivity index (χ3v) is 4.44. The number of hydrogen-bond acceptors (Lipinski definition) is 6. The Hall–Kier alpha value is -2.54. The molecule has 3 aromatic rings. The lowest BCUT2D eigenvalue weighted by Gasteiger charge is -2.02. The Balaban J connectivity index is 1.74. The monoisotopic (exact) mass is 343 g/mol. The lowest BCUT2D eigenvalue weighted by Crippen LogP contribution is -2.14. The maximum atomic E-state index is 12.3. The fraction of sp³-hybridized carbons (Fsp3) is 0.294. The van der Waals surface area contributed by atoms with Crippen molar-refractivity contribution in [3.8, 4) is 0 Å². The van der Waals surface area contributed by atoms with Gasteiger partial charge in [0.25, 0.3) is 5.91 Å². The van der Waals surface area contributed by atoms with E-state index in [0.29, 0.717) is 16.1 Å². The minimum absolute atomic E-state index is 0.0403. The fourth-order valence-electron chi connectivity index (χ4n) is 2.31. The predicted molar refractivity (Wildman–Crippen MR) is 93.6 cm³/mol. The van der Waals surface area contributed by atoms with Crippen molar-refractivity contribution in [1.82, 2.24) is 10.2 Å². The summed E-state index contributed by atoms with van der Waals surface area (Å²) < 4.78 is 5.51. The predicted octanol–water partition coefficient (Wildman–Crippen LogP) is 3.63. The van der Waals surface area contributed by atoms with Crippen molar-refractivity contribution in [2.24, 2.45) is 0 Å². The molecule has 7 heteroatoms. The maximum Gasteiger partial charge on any atom is 0.293 e. The molecule has 1 aromatic carbocycles. The van der Waals surface area contributed by atoms with Crippen molar-refractivity contribution in [2.45, 2.75) is 32.6 Å². The molecule has 24 heavy (non-hydrogen) atoms. The highest BCUT2D eigenvalue weighted by Crippen LogP contribution is 2.19. The van der Waals surface area contributed by atoms with Crippen LogP contribution in [0.15, 0.2) is 39.5 Å². The number of amides is 1. The van der Waals surface area contributed by atoms with Gasteiger partial charge in [-0.05, 0) is 18.6 Å². The van der Waals surface area contributed by atoms with Gasteiger partial charge in [0.2, 0.25) is 5.13 Å². The maximum absolute atomic E-state index is 12.3. The molecule has 124 valence electrons. The van der Waals surface area contributed by atoms with Crippen LogP contribution in [0.5, 0.6) is 0 Å². The summed E-state index contributed by atoms with van der Waals surface area (Å²) in [4.78, 5) is 24.3. The number of nitrogens with zero attached hydrogens (tertiary/aromatic N) is 2. The molecule has 3 rings (SSSR count). The topological polar surface area (TPSA) is 85.1 Å². The van der Waals surface area contributed by atoms with Gasteiger partial charge in [-0.3, -0.25) is 14.9 Å². The number of rotatable bonds is 6. The van der Waals surface area contributed by atoms with Crippen molar-refractivity contribution in [2.75, 3.05) is 5.32 Å². The molecule has 0 spiro atoms. The van der Waals surface area contributed by atoms with E-state index in [0.717, 1.165) is 30.7 Å². The Labute approximate surface area is 142 Å². The smallest absolute Gasteiger partial charge is 0.293 e. The van der Waals surface area contributed by atoms with Gasteiger partial charge in [0.1, 0.15) is 10.6 Å². The Morgan fingerprint density at radius 3 is 2.92 bits per heavy atom. The molecule has 0 fully saturated rings. The molecule has 2 heterocycles. The van der Waals surface area contributed by atoms with E-state index in [4.69, 9.17) is 4.42 Å². The minimum atomic E-state index is -0.505. The van der Waals surface area contributed by atoms with Gasteiger partial charge in [-0.1, -0.05) is 43.2 Å². The second-order valence-corrected chi connectivity index (χ2v) is 6.45. The van der Waals surface area contributed by atoms with Gasteiger partial charge in [-0.15, -0.1) is 10.2 Å². The molecule has 0 unspecified atom stereocenters. The molecule has 0 aliphatic carbocycles. The van der Waals surface area contributed by atoms with Crippen LogP contribution in [0, 0.1) is 0 Å². The van der Waals surface area contributed by atoms with Crippen LogP contribution in [0.1, 0.15) is 41.7 Å². The first kappa shape index (κ1) is 16.3. The number of unbranched alkanes of at least 4 members (excludes halogenated alkanes) is 2. The summed E-state index contributed by atoms with van der Waals surface area (Å²) in [5.74, 6) is -0.546. The molecule has 0 aliphatic rings. The molecular formula is C17H17N3O3S. The van der Waals surface area contributed by atoms with Crippen LogP contribution in [-0.2, 0) is 6.42 Å². The van der Waals surface area contributed by atoms with Crippen molar-refractivity contribution < 1.29 is 9.21 Å². The molecule has 0 radical (unpaired) electrons. The van der Waals surface area contributed by atoms with Gasteiger partial charge in [0, 0.05) is 12.5 Å². The van der Waals surface area contributed by atoms with Crippen LogP contribution >= 0.6 is 11.3 Å². The SMILES string of the molecule is CCCCCc1nnc(NC(=O)c2cc(=O)c3ccccc3o2)s1. The number of para-hydroxylation sites is 1. The molecule has 0 atom stereocenters. The van der Waals surface area contributed by atoms with Gasteiger partial charge in [0.05, 0.1) is 5.39 Å². The first-order valence-electron chi connectivity index (χ1n) is 7.84. The average Bonchev–Trinajstić information content (AvgIpc) is 3.02. The number of carbonyl (C=O) groups excluding carboxylic acids is 1. The minimum Gasteiger partial charge on any atom is -0.451 e. The molecule has 6 nitrogen and oxygen atoms in total. The van der Waals surface area contributed by atoms with Crippen molar-refractivity contribution in [3.63, 3.8) is 0 Å². The largest absolute Gasteiger partial charge is 0.451 e. The molecule has 2 aromatic heterocycles. The summed E-state index contributed by atoms with van der Waals surface area (Å²) in [6.45, 7) is 2.14. The fourth-order valence-corrected chi connectivity index (χ4v) is 3.08. The number of aromatic nitrogens is 2. The van der Waals surface area contributed by atoms with Crippen molar-refractivity contribution in [3.05, 3.63) is 51.3 Å². The molecule has 0 saturated carbocycles. The summed E-state index contributed by atoms with van der Waals surface area (Å²) in [5, 5.41) is 12.4. The molecule has 0 aliphatic heterocycles. The summed E-state index contributed by atoms with van der Waals surface area (Å²) >= 11 is 1.34. The second kappa shape index (κ2) is 7.35. The quantitative estimate of drug-likeness (QED) is 0.691. The number of fused-ring (bicyclic) bond motifs is 1. The normalized spacial score (nSPS) is 10.9. The highest BCUT2D eigenvalue weighted by atomic mass is 32.1. The van der Waals surface area contributed by atoms with E-state index < -0.39 is 5.91 Å². The van der Waals surface area contributed by atoms with Gasteiger partial charge < -0.3 is 4.42 Å². The first-order valence-corrected chi connectivity index (χ1v) is 8.65. The standard InChI is InChI=1S/C17H17N3O3S/c1-2-3-4-9-15-19-20-17(24-15)18-16(22)14-10-12(21)11-7-5-6-8-13(11)23-14/h5-8,10H,2-4,9H2,1H3,(H,18,20,22). The van der Waals surface area contributed by atoms with Crippen LogP contribution in [-0.4, -0.2) is 16.1 Å². The van der Waals surface area contributed by atoms with Crippen LogP contribution in [0.3, 0.4) is 0 Å². The number of aryl methyl sites for hydroxylation is 1. The van der Waals surface area contributed by atoms with E-state index in [1.807, 2.05) is 0 Å². The molecular weight excluding hydrogens is 326 g/mol. The second-order valence-electron chi connectivity index (χ2n) is 5.38. The van der Waals surface area contributed by atoms with Gasteiger partial charge in [-0.2, -0.15) is 0 Å². The van der Waals surface area contributed by atoms with Crippen molar-refractivity contribution in [1.29, 1.82) is 0 Å². The molecule has 1 amide bonds. The number of nitrogens with one attached hydrogen (secondary N) is 1. The van der Waals surface area contributed by atoms with E-state index in [1.54, 1.807) is 24.3 Å². The van der Waals surface area contributed by atoms with E-state index in [9.17, 15) is 9.59 Å².